The Balaban J connectivity index is 1.95. The number of aromatic amines is 1. The zero-order valence-electron chi connectivity index (χ0n) is 16.1. The van der Waals surface area contributed by atoms with Crippen LogP contribution in [-0.2, 0) is 4.79 Å². The van der Waals surface area contributed by atoms with E-state index in [1.807, 2.05) is 19.1 Å². The molecule has 5 nitrogen and oxygen atoms in total. The van der Waals surface area contributed by atoms with E-state index >= 15 is 0 Å². The molecule has 146 valence electrons. The second-order valence-corrected chi connectivity index (χ2v) is 9.70. The highest BCUT2D eigenvalue weighted by atomic mass is 35.5. The van der Waals surface area contributed by atoms with Crippen molar-refractivity contribution in [2.45, 2.75) is 44.7 Å². The van der Waals surface area contributed by atoms with Crippen LogP contribution in [0.2, 0.25) is 5.02 Å². The summed E-state index contributed by atoms with van der Waals surface area (Å²) >= 11 is 7.55. The van der Waals surface area contributed by atoms with Crippen LogP contribution in [-0.4, -0.2) is 21.5 Å². The average Bonchev–Trinajstić information content (AvgIpc) is 2.60. The lowest BCUT2D eigenvalue weighted by Crippen LogP contribution is -2.37. The van der Waals surface area contributed by atoms with Crippen LogP contribution in [0.1, 0.15) is 50.7 Å². The van der Waals surface area contributed by atoms with Gasteiger partial charge in [0.25, 0.3) is 5.56 Å². The van der Waals surface area contributed by atoms with Crippen molar-refractivity contribution in [3.05, 3.63) is 62.0 Å². The van der Waals surface area contributed by atoms with E-state index in [0.29, 0.717) is 33.6 Å². The van der Waals surface area contributed by atoms with Crippen LogP contribution < -0.4 is 10.9 Å². The number of aromatic nitrogens is 2. The second-order valence-electron chi connectivity index (χ2n) is 8.01. The third-order valence-corrected chi connectivity index (χ3v) is 6.19. The lowest BCUT2D eigenvalue weighted by Gasteiger charge is -2.38. The highest BCUT2D eigenvalue weighted by Gasteiger charge is 2.42. The summed E-state index contributed by atoms with van der Waals surface area (Å²) < 4.78 is 0. The molecule has 0 saturated carbocycles. The molecule has 1 atom stereocenters. The van der Waals surface area contributed by atoms with Gasteiger partial charge in [-0.15, -0.1) is 0 Å². The first-order valence-corrected chi connectivity index (χ1v) is 10.7. The first-order valence-electron chi connectivity index (χ1n) is 9.35. The monoisotopic (exact) mass is 415 g/mol. The van der Waals surface area contributed by atoms with Crippen molar-refractivity contribution in [1.82, 2.24) is 9.97 Å². The van der Waals surface area contributed by atoms with Crippen LogP contribution >= 0.6 is 23.4 Å². The fourth-order valence-electron chi connectivity index (χ4n) is 4.09. The van der Waals surface area contributed by atoms with Crippen molar-refractivity contribution in [2.75, 3.05) is 11.1 Å². The summed E-state index contributed by atoms with van der Waals surface area (Å²) in [6.07, 6.45) is 1.20. The summed E-state index contributed by atoms with van der Waals surface area (Å²) in [5, 5.41) is 4.52. The number of Topliss-reactive ketones (excluding diaryl/α,β-unsaturated/α-hetero) is 1. The number of fused-ring (bicyclic) bond motifs is 1. The quantitative estimate of drug-likeness (QED) is 0.559. The molecule has 1 aromatic heterocycles. The molecule has 7 heteroatoms. The maximum atomic E-state index is 13.1. The Bertz CT molecular complexity index is 1040. The molecule has 1 aromatic carbocycles. The third kappa shape index (κ3) is 3.40. The number of halogens is 1. The number of benzene rings is 1. The van der Waals surface area contributed by atoms with Gasteiger partial charge in [0.05, 0.1) is 5.56 Å². The second kappa shape index (κ2) is 7.08. The first kappa shape index (κ1) is 19.3. The lowest BCUT2D eigenvalue weighted by molar-refractivity contribution is -0.118. The standard InChI is InChI=1S/C21H22ClN3O2S/c1-4-28-20-24-18-17(19(27)25-20)15(11-5-7-12(22)8-6-11)16-13(23-18)9-21(2,3)10-14(16)26/h5-8,15H,4,9-10H2,1-3H3,(H2,23,24,25,27)/t15-/m0/s1. The molecule has 0 spiro atoms. The van der Waals surface area contributed by atoms with E-state index in [2.05, 4.69) is 29.1 Å². The summed E-state index contributed by atoms with van der Waals surface area (Å²) in [6, 6.07) is 7.35. The Morgan fingerprint density at radius 2 is 1.93 bits per heavy atom. The van der Waals surface area contributed by atoms with Crippen LogP contribution in [0, 0.1) is 5.41 Å². The van der Waals surface area contributed by atoms with E-state index in [4.69, 9.17) is 11.6 Å². The van der Waals surface area contributed by atoms with Crippen LogP contribution in [0.4, 0.5) is 5.82 Å². The molecule has 0 radical (unpaired) electrons. The molecule has 0 fully saturated rings. The van der Waals surface area contributed by atoms with Crippen LogP contribution in [0.15, 0.2) is 45.5 Å². The zero-order chi connectivity index (χ0) is 20.1. The van der Waals surface area contributed by atoms with Crippen LogP contribution in [0.25, 0.3) is 0 Å². The average molecular weight is 416 g/mol. The number of carbonyl (C=O) groups is 1. The van der Waals surface area contributed by atoms with Crippen molar-refractivity contribution >= 4 is 35.0 Å². The maximum Gasteiger partial charge on any atom is 0.257 e. The maximum absolute atomic E-state index is 13.1. The molecular formula is C21H22ClN3O2S. The smallest absolute Gasteiger partial charge is 0.257 e. The molecule has 1 aliphatic carbocycles. The molecule has 0 amide bonds. The number of H-pyrrole nitrogens is 1. The van der Waals surface area contributed by atoms with Crippen LogP contribution in [0.5, 0.6) is 0 Å². The van der Waals surface area contributed by atoms with Crippen molar-refractivity contribution in [3.63, 3.8) is 0 Å². The van der Waals surface area contributed by atoms with Gasteiger partial charge >= 0.3 is 0 Å². The van der Waals surface area contributed by atoms with Gasteiger partial charge in [0.1, 0.15) is 5.82 Å². The first-order chi connectivity index (χ1) is 13.3. The van der Waals surface area contributed by atoms with Gasteiger partial charge in [0.15, 0.2) is 10.9 Å². The third-order valence-electron chi connectivity index (χ3n) is 5.18. The minimum Gasteiger partial charge on any atom is -0.343 e. The molecule has 0 bridgehead atoms. The number of anilines is 1. The highest BCUT2D eigenvalue weighted by molar-refractivity contribution is 7.99. The number of thioether (sulfide) groups is 1. The number of nitrogens with zero attached hydrogens (tertiary/aromatic N) is 1. The molecule has 0 saturated heterocycles. The number of rotatable bonds is 3. The van der Waals surface area contributed by atoms with E-state index in [-0.39, 0.29) is 16.8 Å². The Morgan fingerprint density at radius 3 is 2.61 bits per heavy atom. The lowest BCUT2D eigenvalue weighted by atomic mass is 9.69. The van der Waals surface area contributed by atoms with E-state index < -0.39 is 5.92 Å². The summed E-state index contributed by atoms with van der Waals surface area (Å²) in [6.45, 7) is 6.19. The van der Waals surface area contributed by atoms with Gasteiger partial charge in [-0.2, -0.15) is 0 Å². The Kier molecular flexibility index (Phi) is 4.88. The fraction of sp³-hybridized carbons (Fsp3) is 0.381. The van der Waals surface area contributed by atoms with Crippen molar-refractivity contribution < 1.29 is 4.79 Å². The van der Waals surface area contributed by atoms with Gasteiger partial charge in [-0.3, -0.25) is 9.59 Å². The number of hydrogen-bond donors (Lipinski definition) is 2. The van der Waals surface area contributed by atoms with Crippen molar-refractivity contribution in [3.8, 4) is 0 Å². The van der Waals surface area contributed by atoms with Crippen molar-refractivity contribution in [2.24, 2.45) is 5.41 Å². The SMILES string of the molecule is CCSc1nc2c(c(=O)[nH]1)[C@@H](c1ccc(Cl)cc1)C1=C(CC(C)(C)CC1=O)N2. The number of allylic oxidation sites excluding steroid dienone is 2. The molecular weight excluding hydrogens is 394 g/mol. The number of hydrogen-bond acceptors (Lipinski definition) is 5. The van der Waals surface area contributed by atoms with Crippen LogP contribution in [0.3, 0.4) is 0 Å². The van der Waals surface area contributed by atoms with E-state index in [1.54, 1.807) is 12.1 Å². The number of carbonyl (C=O) groups excluding carboxylic acids is 1. The van der Waals surface area contributed by atoms with Gasteiger partial charge in [0, 0.05) is 28.6 Å². The molecule has 2 aromatic rings. The summed E-state index contributed by atoms with van der Waals surface area (Å²) in [5.41, 5.74) is 2.58. The summed E-state index contributed by atoms with van der Waals surface area (Å²) in [7, 11) is 0. The summed E-state index contributed by atoms with van der Waals surface area (Å²) in [4.78, 5) is 33.7. The van der Waals surface area contributed by atoms with Gasteiger partial charge in [-0.1, -0.05) is 56.3 Å². The largest absolute Gasteiger partial charge is 0.343 e. The molecule has 2 heterocycles. The molecule has 2 aliphatic rings. The van der Waals surface area contributed by atoms with Gasteiger partial charge in [0.2, 0.25) is 0 Å². The number of nitrogens with one attached hydrogen (secondary N) is 2. The van der Waals surface area contributed by atoms with Gasteiger partial charge in [-0.05, 0) is 35.3 Å². The minimum absolute atomic E-state index is 0.0794. The normalized spacial score (nSPS) is 20.4. The highest BCUT2D eigenvalue weighted by Crippen LogP contribution is 2.47. The predicted octanol–water partition coefficient (Wildman–Crippen LogP) is 4.74. The van der Waals surface area contributed by atoms with E-state index in [1.165, 1.54) is 11.8 Å². The Morgan fingerprint density at radius 1 is 1.21 bits per heavy atom. The topological polar surface area (TPSA) is 74.8 Å². The fourth-order valence-corrected chi connectivity index (χ4v) is 4.81. The van der Waals surface area contributed by atoms with Gasteiger partial charge in [-0.25, -0.2) is 4.98 Å². The van der Waals surface area contributed by atoms with E-state index in [9.17, 15) is 9.59 Å². The molecule has 28 heavy (non-hydrogen) atoms. The van der Waals surface area contributed by atoms with Gasteiger partial charge < -0.3 is 10.3 Å². The molecule has 0 unspecified atom stereocenters. The summed E-state index contributed by atoms with van der Waals surface area (Å²) in [5.74, 6) is 0.991. The predicted molar refractivity (Wildman–Crippen MR) is 113 cm³/mol. The molecule has 2 N–H and O–H groups in total. The Hall–Kier alpha value is -2.05. The van der Waals surface area contributed by atoms with Crippen molar-refractivity contribution in [1.29, 1.82) is 0 Å². The minimum atomic E-state index is -0.441. The molecule has 4 rings (SSSR count). The van der Waals surface area contributed by atoms with E-state index in [0.717, 1.165) is 23.4 Å². The zero-order valence-corrected chi connectivity index (χ0v) is 17.6. The number of ketones is 1. The Labute approximate surface area is 173 Å². The molecule has 1 aliphatic heterocycles.